The highest BCUT2D eigenvalue weighted by atomic mass is 35.5. The van der Waals surface area contributed by atoms with Gasteiger partial charge in [0.05, 0.1) is 22.8 Å². The minimum absolute atomic E-state index is 0. The molecule has 1 atom stereocenters. The second-order valence-corrected chi connectivity index (χ2v) is 9.21. The number of rotatable bonds is 8. The van der Waals surface area contributed by atoms with E-state index in [9.17, 15) is 12.8 Å². The van der Waals surface area contributed by atoms with Crippen molar-refractivity contribution in [2.75, 3.05) is 17.7 Å². The summed E-state index contributed by atoms with van der Waals surface area (Å²) in [7, 11) is -2.19. The van der Waals surface area contributed by atoms with E-state index < -0.39 is 10.0 Å². The Morgan fingerprint density at radius 1 is 0.943 bits per heavy atom. The van der Waals surface area contributed by atoms with Gasteiger partial charge in [-0.25, -0.2) is 27.5 Å². The Kier molecular flexibility index (Phi) is 8.28. The highest BCUT2D eigenvalue weighted by Gasteiger charge is 2.14. The van der Waals surface area contributed by atoms with Gasteiger partial charge in [-0.3, -0.25) is 4.98 Å². The summed E-state index contributed by atoms with van der Waals surface area (Å²) in [5, 5.41) is 6.33. The number of hydrogen-bond acceptors (Lipinski definition) is 8. The fourth-order valence-corrected chi connectivity index (χ4v) is 3.90. The van der Waals surface area contributed by atoms with E-state index in [1.807, 2.05) is 6.92 Å². The van der Waals surface area contributed by atoms with Gasteiger partial charge in [0.2, 0.25) is 16.0 Å². The fourth-order valence-electron chi connectivity index (χ4n) is 3.17. The lowest BCUT2D eigenvalue weighted by atomic mass is 10.1. The molecule has 0 radical (unpaired) electrons. The van der Waals surface area contributed by atoms with E-state index in [4.69, 9.17) is 0 Å². The van der Waals surface area contributed by atoms with Crippen LogP contribution in [-0.2, 0) is 10.0 Å². The molecule has 0 bridgehead atoms. The minimum atomic E-state index is -3.55. The van der Waals surface area contributed by atoms with Gasteiger partial charge in [-0.15, -0.1) is 12.4 Å². The third-order valence-corrected chi connectivity index (χ3v) is 6.42. The first-order chi connectivity index (χ1) is 16.3. The van der Waals surface area contributed by atoms with Crippen molar-refractivity contribution >= 4 is 40.0 Å². The molecule has 0 aliphatic heterocycles. The van der Waals surface area contributed by atoms with Crippen molar-refractivity contribution in [3.05, 3.63) is 84.6 Å². The summed E-state index contributed by atoms with van der Waals surface area (Å²) in [4.78, 5) is 17.5. The van der Waals surface area contributed by atoms with Crippen molar-refractivity contribution in [1.29, 1.82) is 0 Å². The molecule has 0 aliphatic rings. The molecule has 0 aliphatic carbocycles. The summed E-state index contributed by atoms with van der Waals surface area (Å²) in [6.07, 6.45) is 4.68. The van der Waals surface area contributed by atoms with Crippen LogP contribution in [0.3, 0.4) is 0 Å². The largest absolute Gasteiger partial charge is 0.348 e. The molecule has 0 amide bonds. The van der Waals surface area contributed by atoms with Crippen LogP contribution in [-0.4, -0.2) is 35.4 Å². The number of aromatic nitrogens is 4. The Morgan fingerprint density at radius 2 is 1.66 bits per heavy atom. The Hall–Kier alpha value is -3.67. The summed E-state index contributed by atoms with van der Waals surface area (Å²) in [5.41, 5.74) is 2.11. The van der Waals surface area contributed by atoms with Crippen LogP contribution in [0.25, 0.3) is 11.3 Å². The van der Waals surface area contributed by atoms with Crippen molar-refractivity contribution in [2.24, 2.45) is 0 Å². The molecular weight excluding hydrogens is 493 g/mol. The van der Waals surface area contributed by atoms with Crippen molar-refractivity contribution in [1.82, 2.24) is 24.7 Å². The summed E-state index contributed by atoms with van der Waals surface area (Å²) >= 11 is 0. The predicted molar refractivity (Wildman–Crippen MR) is 135 cm³/mol. The van der Waals surface area contributed by atoms with Crippen LogP contribution in [0.4, 0.5) is 22.0 Å². The van der Waals surface area contributed by atoms with Crippen LogP contribution < -0.4 is 15.4 Å². The van der Waals surface area contributed by atoms with Crippen LogP contribution in [0, 0.1) is 5.82 Å². The van der Waals surface area contributed by atoms with Gasteiger partial charge in [0.25, 0.3) is 0 Å². The molecular formula is C23H23ClFN7O2S. The monoisotopic (exact) mass is 515 g/mol. The zero-order valence-electron chi connectivity index (χ0n) is 18.8. The number of benzene rings is 2. The van der Waals surface area contributed by atoms with Gasteiger partial charge in [0, 0.05) is 24.0 Å². The number of nitrogens with one attached hydrogen (secondary N) is 3. The van der Waals surface area contributed by atoms with E-state index in [0.29, 0.717) is 28.8 Å². The van der Waals surface area contributed by atoms with Crippen LogP contribution >= 0.6 is 12.4 Å². The molecule has 4 aromatic rings. The second kappa shape index (κ2) is 11.2. The van der Waals surface area contributed by atoms with E-state index in [-0.39, 0.29) is 29.2 Å². The maximum atomic E-state index is 13.3. The summed E-state index contributed by atoms with van der Waals surface area (Å²) in [6, 6.07) is 14.1. The second-order valence-electron chi connectivity index (χ2n) is 7.33. The molecule has 0 saturated heterocycles. The molecule has 0 saturated carbocycles. The van der Waals surface area contributed by atoms with Gasteiger partial charge < -0.3 is 10.6 Å². The first-order valence-corrected chi connectivity index (χ1v) is 11.8. The number of halogens is 2. The number of nitrogens with zero attached hydrogens (tertiary/aromatic N) is 4. The molecule has 2 aromatic heterocycles. The third kappa shape index (κ3) is 6.47. The maximum Gasteiger partial charge on any atom is 0.240 e. The molecule has 0 spiro atoms. The van der Waals surface area contributed by atoms with Gasteiger partial charge in [-0.05, 0) is 43.8 Å². The van der Waals surface area contributed by atoms with E-state index >= 15 is 0 Å². The average Bonchev–Trinajstić information content (AvgIpc) is 2.85. The van der Waals surface area contributed by atoms with Gasteiger partial charge in [0.15, 0.2) is 0 Å². The summed E-state index contributed by atoms with van der Waals surface area (Å²) in [6.45, 7) is 1.91. The lowest BCUT2D eigenvalue weighted by Gasteiger charge is -2.16. The van der Waals surface area contributed by atoms with E-state index in [0.717, 1.165) is 5.56 Å². The molecule has 2 aromatic carbocycles. The molecule has 35 heavy (non-hydrogen) atoms. The molecule has 0 unspecified atom stereocenters. The Morgan fingerprint density at radius 3 is 2.29 bits per heavy atom. The predicted octanol–water partition coefficient (Wildman–Crippen LogP) is 4.32. The Bertz CT molecular complexity index is 1370. The van der Waals surface area contributed by atoms with Crippen molar-refractivity contribution in [3.63, 3.8) is 0 Å². The Labute approximate surface area is 208 Å². The molecule has 182 valence electrons. The highest BCUT2D eigenvalue weighted by molar-refractivity contribution is 7.89. The SMILES string of the molecule is CNS(=O)(=O)c1ccc(-c2cc(Nc3cnccn3)nc(N[C@@H](C)c3ccc(F)cc3)n2)cc1.Cl. The number of sulfonamides is 1. The molecule has 3 N–H and O–H groups in total. The minimum Gasteiger partial charge on any atom is -0.348 e. The van der Waals surface area contributed by atoms with Gasteiger partial charge in [0.1, 0.15) is 17.5 Å². The summed E-state index contributed by atoms with van der Waals surface area (Å²) in [5.74, 6) is 0.979. The first kappa shape index (κ1) is 25.9. The fraction of sp³-hybridized carbons (Fsp3) is 0.130. The van der Waals surface area contributed by atoms with Crippen molar-refractivity contribution in [2.45, 2.75) is 17.9 Å². The number of anilines is 3. The number of hydrogen-bond donors (Lipinski definition) is 3. The van der Waals surface area contributed by atoms with Crippen molar-refractivity contribution in [3.8, 4) is 11.3 Å². The first-order valence-electron chi connectivity index (χ1n) is 10.3. The zero-order chi connectivity index (χ0) is 24.1. The molecule has 4 rings (SSSR count). The normalized spacial score (nSPS) is 11.9. The van der Waals surface area contributed by atoms with Crippen LogP contribution in [0.2, 0.25) is 0 Å². The van der Waals surface area contributed by atoms with Crippen LogP contribution in [0.1, 0.15) is 18.5 Å². The van der Waals surface area contributed by atoms with E-state index in [1.165, 1.54) is 31.3 Å². The molecule has 12 heteroatoms. The third-order valence-electron chi connectivity index (χ3n) is 4.99. The van der Waals surface area contributed by atoms with Gasteiger partial charge in [-0.1, -0.05) is 24.3 Å². The van der Waals surface area contributed by atoms with Crippen LogP contribution in [0.15, 0.2) is 78.1 Å². The topological polar surface area (TPSA) is 122 Å². The lowest BCUT2D eigenvalue weighted by Crippen LogP contribution is -2.18. The van der Waals surface area contributed by atoms with E-state index in [2.05, 4.69) is 35.3 Å². The smallest absolute Gasteiger partial charge is 0.240 e. The van der Waals surface area contributed by atoms with Gasteiger partial charge >= 0.3 is 0 Å². The standard InChI is InChI=1S/C23H22FN7O2S.ClH/c1-15(16-3-7-18(24)8-4-16)28-23-29-20(13-21(31-23)30-22-14-26-11-12-27-22)17-5-9-19(10-6-17)34(32,33)25-2;/h3-15,25H,1-2H3,(H2,27,28,29,30,31);1H/t15-;/m0./s1. The van der Waals surface area contributed by atoms with Crippen LogP contribution in [0.5, 0.6) is 0 Å². The Balaban J connectivity index is 0.00000342. The van der Waals surface area contributed by atoms with Crippen molar-refractivity contribution < 1.29 is 12.8 Å². The molecule has 2 heterocycles. The maximum absolute atomic E-state index is 13.3. The zero-order valence-corrected chi connectivity index (χ0v) is 20.4. The quantitative estimate of drug-likeness (QED) is 0.317. The molecule has 9 nitrogen and oxygen atoms in total. The lowest BCUT2D eigenvalue weighted by molar-refractivity contribution is 0.588. The average molecular weight is 516 g/mol. The summed E-state index contributed by atoms with van der Waals surface area (Å²) < 4.78 is 39.7. The highest BCUT2D eigenvalue weighted by Crippen LogP contribution is 2.26. The molecule has 0 fully saturated rings. The van der Waals surface area contributed by atoms with Gasteiger partial charge in [-0.2, -0.15) is 4.98 Å². The van der Waals surface area contributed by atoms with E-state index in [1.54, 1.807) is 48.9 Å².